The maximum atomic E-state index is 12.6. The second-order valence-corrected chi connectivity index (χ2v) is 11.5. The van der Waals surface area contributed by atoms with Crippen molar-refractivity contribution >= 4 is 18.0 Å². The highest BCUT2D eigenvalue weighted by atomic mass is 16.7. The van der Waals surface area contributed by atoms with Crippen LogP contribution in [0.15, 0.2) is 82.4 Å². The van der Waals surface area contributed by atoms with Crippen molar-refractivity contribution in [2.45, 2.75) is 51.8 Å². The van der Waals surface area contributed by atoms with Crippen molar-refractivity contribution in [2.75, 3.05) is 0 Å². The molecule has 6 rings (SSSR count). The Kier molecular flexibility index (Phi) is 6.72. The Balaban J connectivity index is 1.21. The van der Waals surface area contributed by atoms with E-state index in [-0.39, 0.29) is 29.7 Å². The summed E-state index contributed by atoms with van der Waals surface area (Å²) in [6.45, 7) is 8.57. The normalized spacial score (nSPS) is 15.6. The minimum Gasteiger partial charge on any atom is -0.489 e. The molecule has 0 saturated carbocycles. The van der Waals surface area contributed by atoms with E-state index in [0.717, 1.165) is 16.5 Å². The fourth-order valence-electron chi connectivity index (χ4n) is 5.08. The summed E-state index contributed by atoms with van der Waals surface area (Å²) in [5.41, 5.74) is 2.20. The number of fused-ring (bicyclic) bond motifs is 2. The van der Waals surface area contributed by atoms with Crippen molar-refractivity contribution in [3.63, 3.8) is 0 Å². The lowest BCUT2D eigenvalue weighted by Gasteiger charge is -2.32. The number of nitrogens with zero attached hydrogens (tertiary/aromatic N) is 3. The van der Waals surface area contributed by atoms with E-state index in [9.17, 15) is 14.9 Å². The molecule has 0 aliphatic carbocycles. The van der Waals surface area contributed by atoms with E-state index in [1.54, 1.807) is 28.8 Å². The molecular formula is C32H29BN4O5. The fourth-order valence-corrected chi connectivity index (χ4v) is 5.08. The molecule has 3 aromatic rings. The number of pyridine rings is 1. The van der Waals surface area contributed by atoms with Crippen LogP contribution in [-0.2, 0) is 22.2 Å². The van der Waals surface area contributed by atoms with Gasteiger partial charge in [-0.15, -0.1) is 0 Å². The van der Waals surface area contributed by atoms with Crippen molar-refractivity contribution in [3.8, 4) is 28.9 Å². The van der Waals surface area contributed by atoms with Gasteiger partial charge in [-0.25, -0.2) is 4.79 Å². The van der Waals surface area contributed by atoms with Crippen molar-refractivity contribution in [2.24, 2.45) is 0 Å². The number of nitrogens with one attached hydrogen (secondary N) is 1. The lowest BCUT2D eigenvalue weighted by Crippen LogP contribution is -2.41. The first-order valence-corrected chi connectivity index (χ1v) is 13.7. The average molecular weight is 560 g/mol. The van der Waals surface area contributed by atoms with E-state index in [2.05, 4.69) is 28.2 Å². The zero-order valence-electron chi connectivity index (χ0n) is 23.8. The van der Waals surface area contributed by atoms with Crippen LogP contribution >= 0.6 is 0 Å². The first-order valence-electron chi connectivity index (χ1n) is 13.7. The zero-order chi connectivity index (χ0) is 29.6. The molecule has 9 nitrogen and oxygen atoms in total. The lowest BCUT2D eigenvalue weighted by atomic mass is 9.80. The molecule has 42 heavy (non-hydrogen) atoms. The van der Waals surface area contributed by atoms with Crippen LogP contribution in [0.2, 0.25) is 0 Å². The summed E-state index contributed by atoms with van der Waals surface area (Å²) >= 11 is 0. The molecule has 0 amide bonds. The Hall–Kier alpha value is -4.72. The SMILES string of the molecule is CC1(C)OB(Cc2ccc(COc3ccc(-n4c5nc(=O)[nH]c(=O)c-5cc5ccc(C#N)cc54)cc3)cc2)OC1(C)C. The van der Waals surface area contributed by atoms with Gasteiger partial charge in [-0.1, -0.05) is 30.3 Å². The third kappa shape index (κ3) is 5.09. The van der Waals surface area contributed by atoms with Crippen LogP contribution in [-0.4, -0.2) is 32.9 Å². The molecule has 3 aromatic carbocycles. The van der Waals surface area contributed by atoms with E-state index in [1.807, 2.05) is 64.1 Å². The van der Waals surface area contributed by atoms with Crippen LogP contribution in [0, 0.1) is 11.3 Å². The molecule has 3 aliphatic heterocycles. The first-order chi connectivity index (χ1) is 20.0. The first kappa shape index (κ1) is 27.5. The Morgan fingerprint density at radius 3 is 2.26 bits per heavy atom. The monoisotopic (exact) mass is 560 g/mol. The molecule has 3 heterocycles. The van der Waals surface area contributed by atoms with Gasteiger partial charge >= 0.3 is 12.8 Å². The number of hydrogen-bond acceptors (Lipinski definition) is 7. The Bertz CT molecular complexity index is 1910. The van der Waals surface area contributed by atoms with Gasteiger partial charge in [0.05, 0.1) is 33.9 Å². The number of H-pyrrole nitrogens is 1. The van der Waals surface area contributed by atoms with Gasteiger partial charge in [0.25, 0.3) is 5.56 Å². The van der Waals surface area contributed by atoms with E-state index in [4.69, 9.17) is 14.0 Å². The van der Waals surface area contributed by atoms with Gasteiger partial charge in [0.1, 0.15) is 12.4 Å². The molecule has 0 radical (unpaired) electrons. The Morgan fingerprint density at radius 2 is 1.60 bits per heavy atom. The number of ether oxygens (including phenoxy) is 1. The van der Waals surface area contributed by atoms with Gasteiger partial charge in [0, 0.05) is 12.0 Å². The number of rotatable bonds is 6. The van der Waals surface area contributed by atoms with Crippen LogP contribution in [0.4, 0.5) is 0 Å². The van der Waals surface area contributed by atoms with Crippen molar-refractivity contribution in [3.05, 3.63) is 110 Å². The van der Waals surface area contributed by atoms with Gasteiger partial charge in [0.2, 0.25) is 0 Å². The molecule has 10 heteroatoms. The summed E-state index contributed by atoms with van der Waals surface area (Å²) < 4.78 is 20.0. The molecule has 0 spiro atoms. The molecule has 3 aliphatic rings. The van der Waals surface area contributed by atoms with Crippen LogP contribution in [0.5, 0.6) is 5.75 Å². The second-order valence-electron chi connectivity index (χ2n) is 11.5. The third-order valence-electron chi connectivity index (χ3n) is 8.05. The molecule has 1 N–H and O–H groups in total. The molecule has 0 atom stereocenters. The molecule has 0 aromatic heterocycles. The number of aromatic amines is 1. The van der Waals surface area contributed by atoms with Gasteiger partial charge in [-0.3, -0.25) is 14.3 Å². The Labute approximate surface area is 242 Å². The second kappa shape index (κ2) is 10.3. The molecule has 0 bridgehead atoms. The summed E-state index contributed by atoms with van der Waals surface area (Å²) in [4.78, 5) is 31.0. The smallest absolute Gasteiger partial charge is 0.462 e. The summed E-state index contributed by atoms with van der Waals surface area (Å²) in [5, 5.41) is 10.2. The minimum absolute atomic E-state index is 0.209. The fraction of sp³-hybridized carbons (Fsp3) is 0.250. The van der Waals surface area contributed by atoms with Crippen molar-refractivity contribution < 1.29 is 14.0 Å². The van der Waals surface area contributed by atoms with Gasteiger partial charge in [0.15, 0.2) is 5.82 Å². The number of hydrogen-bond donors (Lipinski definition) is 1. The van der Waals surface area contributed by atoms with E-state index in [1.165, 1.54) is 0 Å². The van der Waals surface area contributed by atoms with Crippen molar-refractivity contribution in [1.82, 2.24) is 14.5 Å². The maximum Gasteiger partial charge on any atom is 0.462 e. The number of nitriles is 1. The highest BCUT2D eigenvalue weighted by Gasteiger charge is 2.50. The van der Waals surface area contributed by atoms with Crippen LogP contribution < -0.4 is 16.0 Å². The highest BCUT2D eigenvalue weighted by Crippen LogP contribution is 2.37. The van der Waals surface area contributed by atoms with Crippen LogP contribution in [0.3, 0.4) is 0 Å². The standard InChI is InChI=1S/C32H29BN4O5/c1-31(2)32(3,4)42-33(41-31)17-20-5-7-21(8-6-20)19-40-25-13-11-24(12-14-25)37-27-15-22(18-34)9-10-23(27)16-26-28(37)35-30(39)36-29(26)38/h5-16H,17,19H2,1-4H3,(H,36,38,39). The summed E-state index contributed by atoms with van der Waals surface area (Å²) in [6.07, 6.45) is 0.667. The molecule has 0 unspecified atom stereocenters. The number of aromatic nitrogens is 3. The van der Waals surface area contributed by atoms with Gasteiger partial charge < -0.3 is 14.0 Å². The van der Waals surface area contributed by atoms with E-state index < -0.39 is 11.2 Å². The maximum absolute atomic E-state index is 12.6. The third-order valence-corrected chi connectivity index (χ3v) is 8.05. The summed E-state index contributed by atoms with van der Waals surface area (Å²) in [6, 6.07) is 24.5. The largest absolute Gasteiger partial charge is 0.489 e. The molecular weight excluding hydrogens is 531 g/mol. The van der Waals surface area contributed by atoms with Crippen molar-refractivity contribution in [1.29, 1.82) is 5.26 Å². The number of benzene rings is 3. The average Bonchev–Trinajstić information content (AvgIpc) is 3.16. The lowest BCUT2D eigenvalue weighted by molar-refractivity contribution is 0.00578. The molecule has 1 fully saturated rings. The predicted octanol–water partition coefficient (Wildman–Crippen LogP) is 4.80. The summed E-state index contributed by atoms with van der Waals surface area (Å²) in [7, 11) is -0.285. The summed E-state index contributed by atoms with van der Waals surface area (Å²) in [5.74, 6) is 0.860. The van der Waals surface area contributed by atoms with Crippen LogP contribution in [0.1, 0.15) is 44.4 Å². The van der Waals surface area contributed by atoms with Gasteiger partial charge in [-0.05, 0) is 86.7 Å². The van der Waals surface area contributed by atoms with Gasteiger partial charge in [-0.2, -0.15) is 10.2 Å². The molecule has 210 valence electrons. The quantitative estimate of drug-likeness (QED) is 0.234. The predicted molar refractivity (Wildman–Crippen MR) is 160 cm³/mol. The highest BCUT2D eigenvalue weighted by molar-refractivity contribution is 6.45. The van der Waals surface area contributed by atoms with Crippen LogP contribution in [0.25, 0.3) is 28.0 Å². The zero-order valence-corrected chi connectivity index (χ0v) is 23.8. The minimum atomic E-state index is -0.737. The van der Waals surface area contributed by atoms with E-state index in [0.29, 0.717) is 35.4 Å². The topological polar surface area (TPSA) is 119 Å². The van der Waals surface area contributed by atoms with E-state index >= 15 is 0 Å². The Morgan fingerprint density at radius 1 is 0.929 bits per heavy atom. The molecule has 1 saturated heterocycles.